The van der Waals surface area contributed by atoms with E-state index in [2.05, 4.69) is 29.9 Å². The van der Waals surface area contributed by atoms with Crippen LogP contribution in [0.1, 0.15) is 22.8 Å². The van der Waals surface area contributed by atoms with Gasteiger partial charge < -0.3 is 0 Å². The van der Waals surface area contributed by atoms with Gasteiger partial charge in [-0.3, -0.25) is 0 Å². The first-order valence-electron chi connectivity index (χ1n) is 14.6. The predicted molar refractivity (Wildman–Crippen MR) is 168 cm³/mol. The van der Waals surface area contributed by atoms with Crippen molar-refractivity contribution in [1.29, 1.82) is 10.5 Å². The standard InChI is InChI=1S/C36H12F8N8/c37-19-5-1-15(9-23(19)41)27-28(16-2-6-20(38)24(42)10-16)50-34-32(48-14-46)36-35(31(47-13-45)33(34)49-27)51-29(17-3-7-21(39)25(43)11-17)30(52-36)18-4-8-22(40)26(44)12-18/h1-12H. The summed E-state index contributed by atoms with van der Waals surface area (Å²) in [5, 5.41) is 19.5. The van der Waals surface area contributed by atoms with Gasteiger partial charge in [0.1, 0.15) is 34.2 Å². The molecular weight excluding hydrogens is 696 g/mol. The fourth-order valence-electron chi connectivity index (χ4n) is 5.45. The van der Waals surface area contributed by atoms with Gasteiger partial charge in [-0.1, -0.05) is 0 Å². The van der Waals surface area contributed by atoms with E-state index in [-0.39, 0.29) is 79.2 Å². The van der Waals surface area contributed by atoms with Crippen LogP contribution in [0.4, 0.5) is 35.1 Å². The Morgan fingerprint density at radius 3 is 0.769 bits per heavy atom. The van der Waals surface area contributed by atoms with Gasteiger partial charge in [0.15, 0.2) is 46.5 Å². The minimum atomic E-state index is -1.30. The average molecular weight is 709 g/mol. The van der Waals surface area contributed by atoms with Crippen molar-refractivity contribution >= 4 is 11.4 Å². The van der Waals surface area contributed by atoms with E-state index in [9.17, 15) is 45.6 Å². The Labute approximate surface area is 286 Å². The van der Waals surface area contributed by atoms with Gasteiger partial charge in [-0.2, -0.15) is 20.5 Å². The molecule has 0 aliphatic heterocycles. The lowest BCUT2D eigenvalue weighted by molar-refractivity contribution is 0.509. The molecule has 0 spiro atoms. The van der Waals surface area contributed by atoms with Crippen molar-refractivity contribution in [1.82, 2.24) is 19.9 Å². The summed E-state index contributed by atoms with van der Waals surface area (Å²) in [4.78, 5) is 25.8. The molecule has 0 atom stereocenters. The van der Waals surface area contributed by atoms with E-state index in [4.69, 9.17) is 0 Å². The lowest BCUT2D eigenvalue weighted by Crippen LogP contribution is -2.29. The molecule has 2 heterocycles. The molecule has 16 heteroatoms. The lowest BCUT2D eigenvalue weighted by atomic mass is 9.92. The maximum absolute atomic E-state index is 14.5. The number of aliphatic imine (C=N–C) groups is 2. The Bertz CT molecular complexity index is 2320. The van der Waals surface area contributed by atoms with Gasteiger partial charge in [0, 0.05) is 22.3 Å². The topological polar surface area (TPSA) is 124 Å². The van der Waals surface area contributed by atoms with E-state index in [1.54, 1.807) is 12.4 Å². The lowest BCUT2D eigenvalue weighted by Gasteiger charge is -2.23. The van der Waals surface area contributed by atoms with Crippen LogP contribution in [0.15, 0.2) is 82.8 Å². The average Bonchev–Trinajstić information content (AvgIpc) is 3.13. The van der Waals surface area contributed by atoms with Crippen LogP contribution in [0.3, 0.4) is 0 Å². The van der Waals surface area contributed by atoms with E-state index in [1.165, 1.54) is 0 Å². The first kappa shape index (κ1) is 33.3. The van der Waals surface area contributed by atoms with Crippen molar-refractivity contribution in [2.75, 3.05) is 0 Å². The summed E-state index contributed by atoms with van der Waals surface area (Å²) in [5.41, 5.74) is -3.49. The van der Waals surface area contributed by atoms with Crippen LogP contribution < -0.4 is 0 Å². The molecule has 2 aromatic heterocycles. The van der Waals surface area contributed by atoms with Crippen molar-refractivity contribution in [3.05, 3.63) is 142 Å². The van der Waals surface area contributed by atoms with Crippen molar-refractivity contribution in [2.45, 2.75) is 0 Å². The molecule has 1 aliphatic rings. The number of rotatable bonds is 4. The van der Waals surface area contributed by atoms with Gasteiger partial charge in [-0.25, -0.2) is 55.1 Å². The van der Waals surface area contributed by atoms with Gasteiger partial charge in [-0.15, -0.1) is 0 Å². The summed E-state index contributed by atoms with van der Waals surface area (Å²) in [7, 11) is 0. The van der Waals surface area contributed by atoms with E-state index in [1.807, 2.05) is 0 Å². The first-order chi connectivity index (χ1) is 25.0. The monoisotopic (exact) mass is 708 g/mol. The maximum Gasteiger partial charge on any atom is 0.206 e. The molecule has 252 valence electrons. The second kappa shape index (κ2) is 12.9. The molecule has 0 unspecified atom stereocenters. The molecule has 4 aromatic carbocycles. The predicted octanol–water partition coefficient (Wildman–Crippen LogP) is 8.00. The minimum absolute atomic E-state index is 0.114. The van der Waals surface area contributed by atoms with E-state index < -0.39 is 46.5 Å². The zero-order valence-electron chi connectivity index (χ0n) is 25.5. The van der Waals surface area contributed by atoms with Crippen LogP contribution in [0, 0.1) is 69.4 Å². The highest BCUT2D eigenvalue weighted by atomic mass is 19.2. The molecule has 7 rings (SSSR count). The summed E-state index contributed by atoms with van der Waals surface area (Å²) in [6, 6.07) is 10.6. The highest BCUT2D eigenvalue weighted by Gasteiger charge is 2.36. The number of benzene rings is 4. The summed E-state index contributed by atoms with van der Waals surface area (Å²) in [6.07, 6.45) is 3.17. The number of fused-ring (bicyclic) bond motifs is 2. The molecule has 0 N–H and O–H groups in total. The SMILES string of the molecule is N#CN=C1c2nc(-c3ccc(F)c(F)c3)c(-c3ccc(F)c(F)c3)nc2C(=NC#N)c2nc(-c3ccc(F)c(F)c3)c(-c3ccc(F)c(F)c3)nc21. The Balaban J connectivity index is 1.59. The Morgan fingerprint density at radius 2 is 0.577 bits per heavy atom. The number of aromatic nitrogens is 4. The fourth-order valence-corrected chi connectivity index (χ4v) is 5.45. The molecule has 0 radical (unpaired) electrons. The molecule has 52 heavy (non-hydrogen) atoms. The third kappa shape index (κ3) is 5.67. The maximum atomic E-state index is 14.5. The minimum Gasteiger partial charge on any atom is -0.241 e. The second-order valence-corrected chi connectivity index (χ2v) is 10.9. The molecular formula is C36H12F8N8. The van der Waals surface area contributed by atoms with Gasteiger partial charge in [0.05, 0.1) is 22.8 Å². The second-order valence-electron chi connectivity index (χ2n) is 10.9. The van der Waals surface area contributed by atoms with Gasteiger partial charge in [0.2, 0.25) is 12.4 Å². The van der Waals surface area contributed by atoms with Crippen molar-refractivity contribution < 1.29 is 35.1 Å². The third-order valence-electron chi connectivity index (χ3n) is 7.78. The number of hydrogen-bond donors (Lipinski definition) is 0. The smallest absolute Gasteiger partial charge is 0.206 e. The van der Waals surface area contributed by atoms with E-state index in [0.29, 0.717) is 0 Å². The zero-order chi connectivity index (χ0) is 36.8. The molecule has 8 nitrogen and oxygen atoms in total. The molecule has 1 aliphatic carbocycles. The zero-order valence-corrected chi connectivity index (χ0v) is 25.5. The van der Waals surface area contributed by atoms with Crippen molar-refractivity contribution in [3.8, 4) is 57.4 Å². The van der Waals surface area contributed by atoms with Gasteiger partial charge in [-0.05, 0) is 72.8 Å². The van der Waals surface area contributed by atoms with Crippen LogP contribution >= 0.6 is 0 Å². The van der Waals surface area contributed by atoms with E-state index in [0.717, 1.165) is 72.8 Å². The summed E-state index contributed by atoms with van der Waals surface area (Å²) in [6.45, 7) is 0. The molecule has 0 amide bonds. The number of nitriles is 2. The first-order valence-corrected chi connectivity index (χ1v) is 14.6. The van der Waals surface area contributed by atoms with Gasteiger partial charge >= 0.3 is 0 Å². The van der Waals surface area contributed by atoms with Crippen molar-refractivity contribution in [2.24, 2.45) is 9.98 Å². The van der Waals surface area contributed by atoms with Crippen LogP contribution in [0.5, 0.6) is 0 Å². The molecule has 0 bridgehead atoms. The quantitative estimate of drug-likeness (QED) is 0.135. The summed E-state index contributed by atoms with van der Waals surface area (Å²) in [5.74, 6) is -10.1. The normalized spacial score (nSPS) is 11.7. The van der Waals surface area contributed by atoms with E-state index >= 15 is 0 Å². The highest BCUT2D eigenvalue weighted by Crippen LogP contribution is 2.38. The van der Waals surface area contributed by atoms with Crippen molar-refractivity contribution in [3.63, 3.8) is 0 Å². The molecule has 0 saturated heterocycles. The highest BCUT2D eigenvalue weighted by molar-refractivity contribution is 6.29. The Hall–Kier alpha value is -7.20. The summed E-state index contributed by atoms with van der Waals surface area (Å²) >= 11 is 0. The molecule has 0 saturated carbocycles. The Kier molecular flexibility index (Phi) is 8.28. The third-order valence-corrected chi connectivity index (χ3v) is 7.78. The number of hydrogen-bond acceptors (Lipinski definition) is 8. The van der Waals surface area contributed by atoms with Gasteiger partial charge in [0.25, 0.3) is 0 Å². The van der Waals surface area contributed by atoms with Crippen LogP contribution in [0.25, 0.3) is 45.0 Å². The van der Waals surface area contributed by atoms with Crippen LogP contribution in [-0.2, 0) is 0 Å². The van der Waals surface area contributed by atoms with Crippen LogP contribution in [0.2, 0.25) is 0 Å². The van der Waals surface area contributed by atoms with Crippen LogP contribution in [-0.4, -0.2) is 31.4 Å². The number of nitrogens with zero attached hydrogens (tertiary/aromatic N) is 8. The fraction of sp³-hybridized carbons (Fsp3) is 0. The largest absolute Gasteiger partial charge is 0.241 e. The molecule has 0 fully saturated rings. The Morgan fingerprint density at radius 1 is 0.346 bits per heavy atom. The molecule has 6 aromatic rings. The number of halogens is 8. The summed E-state index contributed by atoms with van der Waals surface area (Å²) < 4.78 is 114.